The quantitative estimate of drug-likeness (QED) is 0.643. The molecule has 0 bridgehead atoms. The Morgan fingerprint density at radius 1 is 1.06 bits per heavy atom. The normalized spacial score (nSPS) is 10.0. The van der Waals surface area contributed by atoms with Gasteiger partial charge in [-0.2, -0.15) is 0 Å². The number of carboxylic acid groups (broad SMARTS) is 1. The van der Waals surface area contributed by atoms with Crippen molar-refractivity contribution in [1.29, 1.82) is 0 Å². The van der Waals surface area contributed by atoms with Crippen LogP contribution in [0.1, 0.15) is 31.2 Å². The Hall–Kier alpha value is -2.04. The van der Waals surface area contributed by atoms with Gasteiger partial charge in [-0.15, -0.1) is 0 Å². The third kappa shape index (κ3) is 5.89. The van der Waals surface area contributed by atoms with Gasteiger partial charge in [-0.3, -0.25) is 9.59 Å². The molecule has 0 saturated heterocycles. The van der Waals surface area contributed by atoms with E-state index in [1.807, 2.05) is 0 Å². The lowest BCUT2D eigenvalue weighted by molar-refractivity contribution is -0.137. The number of carbonyl (C=O) groups is 2. The summed E-state index contributed by atoms with van der Waals surface area (Å²) in [6, 6.07) is 6.60. The maximum Gasteiger partial charge on any atom is 0.303 e. The fourth-order valence-electron chi connectivity index (χ4n) is 1.46. The number of carboxylic acids is 1. The highest BCUT2D eigenvalue weighted by Crippen LogP contribution is 2.09. The van der Waals surface area contributed by atoms with Crippen LogP contribution in [-0.4, -0.2) is 22.1 Å². The van der Waals surface area contributed by atoms with E-state index in [2.05, 4.69) is 5.32 Å². The van der Waals surface area contributed by atoms with E-state index < -0.39 is 5.97 Å². The first kappa shape index (κ1) is 14.0. The van der Waals surface area contributed by atoms with Crippen molar-refractivity contribution in [3.05, 3.63) is 29.8 Å². The van der Waals surface area contributed by atoms with Gasteiger partial charge in [-0.25, -0.2) is 0 Å². The highest BCUT2D eigenvalue weighted by Gasteiger charge is 2.03. The molecule has 18 heavy (non-hydrogen) atoms. The molecule has 3 N–H and O–H groups in total. The minimum Gasteiger partial charge on any atom is -0.508 e. The minimum absolute atomic E-state index is 0.0894. The van der Waals surface area contributed by atoms with Crippen molar-refractivity contribution in [1.82, 2.24) is 5.32 Å². The monoisotopic (exact) mass is 251 g/mol. The number of phenols is 1. The molecule has 0 saturated carbocycles. The summed E-state index contributed by atoms with van der Waals surface area (Å²) in [6.45, 7) is 0.415. The summed E-state index contributed by atoms with van der Waals surface area (Å²) in [7, 11) is 0. The van der Waals surface area contributed by atoms with Gasteiger partial charge in [0.2, 0.25) is 5.91 Å². The first-order valence-corrected chi connectivity index (χ1v) is 5.84. The molecule has 5 heteroatoms. The molecule has 1 aromatic rings. The number of nitrogens with one attached hydrogen (secondary N) is 1. The Labute approximate surface area is 105 Å². The Morgan fingerprint density at radius 3 is 2.28 bits per heavy atom. The smallest absolute Gasteiger partial charge is 0.303 e. The van der Waals surface area contributed by atoms with Crippen LogP contribution in [0, 0.1) is 0 Å². The van der Waals surface area contributed by atoms with Crippen LogP contribution in [0.2, 0.25) is 0 Å². The second-order valence-electron chi connectivity index (χ2n) is 4.04. The minimum atomic E-state index is -0.834. The van der Waals surface area contributed by atoms with E-state index in [0.29, 0.717) is 25.8 Å². The average Bonchev–Trinajstić information content (AvgIpc) is 2.34. The molecule has 0 aromatic heterocycles. The molecule has 1 amide bonds. The van der Waals surface area contributed by atoms with Crippen molar-refractivity contribution >= 4 is 11.9 Å². The van der Waals surface area contributed by atoms with Crippen molar-refractivity contribution in [2.45, 2.75) is 32.2 Å². The molecule has 0 atom stereocenters. The molecular formula is C13H17NO4. The highest BCUT2D eigenvalue weighted by atomic mass is 16.4. The van der Waals surface area contributed by atoms with Gasteiger partial charge in [0.15, 0.2) is 0 Å². The van der Waals surface area contributed by atoms with Crippen LogP contribution in [0.3, 0.4) is 0 Å². The predicted octanol–water partition coefficient (Wildman–Crippen LogP) is 1.65. The number of aliphatic carboxylic acids is 1. The molecule has 0 aliphatic heterocycles. The van der Waals surface area contributed by atoms with Gasteiger partial charge in [0.25, 0.3) is 0 Å². The number of benzene rings is 1. The lowest BCUT2D eigenvalue weighted by atomic mass is 10.2. The number of hydrogen-bond acceptors (Lipinski definition) is 3. The largest absolute Gasteiger partial charge is 0.508 e. The van der Waals surface area contributed by atoms with Gasteiger partial charge in [0, 0.05) is 19.4 Å². The van der Waals surface area contributed by atoms with E-state index in [0.717, 1.165) is 5.56 Å². The summed E-state index contributed by atoms with van der Waals surface area (Å²) in [6.07, 6.45) is 1.53. The third-order valence-electron chi connectivity index (χ3n) is 2.47. The zero-order chi connectivity index (χ0) is 13.4. The molecular weight excluding hydrogens is 234 g/mol. The topological polar surface area (TPSA) is 86.6 Å². The van der Waals surface area contributed by atoms with Crippen LogP contribution in [0.15, 0.2) is 24.3 Å². The molecule has 0 radical (unpaired) electrons. The Balaban J connectivity index is 2.17. The van der Waals surface area contributed by atoms with Crippen LogP contribution < -0.4 is 5.32 Å². The zero-order valence-electron chi connectivity index (χ0n) is 10.1. The summed E-state index contributed by atoms with van der Waals surface area (Å²) in [5.41, 5.74) is 0.909. The van der Waals surface area contributed by atoms with Gasteiger partial charge in [0.05, 0.1) is 0 Å². The first-order chi connectivity index (χ1) is 8.58. The summed E-state index contributed by atoms with van der Waals surface area (Å²) in [5.74, 6) is -0.730. The lowest BCUT2D eigenvalue weighted by Gasteiger charge is -2.05. The second kappa shape index (κ2) is 7.32. The average molecular weight is 251 g/mol. The molecule has 98 valence electrons. The predicted molar refractivity (Wildman–Crippen MR) is 66.1 cm³/mol. The molecule has 0 aliphatic carbocycles. The van der Waals surface area contributed by atoms with Crippen molar-refractivity contribution in [2.75, 3.05) is 0 Å². The number of carbonyl (C=O) groups excluding carboxylic acids is 1. The fraction of sp³-hybridized carbons (Fsp3) is 0.385. The van der Waals surface area contributed by atoms with Crippen LogP contribution >= 0.6 is 0 Å². The molecule has 5 nitrogen and oxygen atoms in total. The van der Waals surface area contributed by atoms with Crippen molar-refractivity contribution in [3.63, 3.8) is 0 Å². The number of aromatic hydroxyl groups is 1. The van der Waals surface area contributed by atoms with Gasteiger partial charge in [-0.1, -0.05) is 12.1 Å². The van der Waals surface area contributed by atoms with E-state index in [-0.39, 0.29) is 18.1 Å². The van der Waals surface area contributed by atoms with Crippen molar-refractivity contribution in [3.8, 4) is 5.75 Å². The highest BCUT2D eigenvalue weighted by molar-refractivity contribution is 5.75. The third-order valence-corrected chi connectivity index (χ3v) is 2.47. The van der Waals surface area contributed by atoms with Crippen molar-refractivity contribution in [2.24, 2.45) is 0 Å². The SMILES string of the molecule is O=C(O)CCCCC(=O)NCc1ccc(O)cc1. The number of amides is 1. The Kier molecular flexibility index (Phi) is 5.70. The lowest BCUT2D eigenvalue weighted by Crippen LogP contribution is -2.22. The van der Waals surface area contributed by atoms with Gasteiger partial charge in [-0.05, 0) is 30.5 Å². The first-order valence-electron chi connectivity index (χ1n) is 5.84. The van der Waals surface area contributed by atoms with Crippen LogP contribution in [0.4, 0.5) is 0 Å². The van der Waals surface area contributed by atoms with Crippen LogP contribution in [0.5, 0.6) is 5.75 Å². The Bertz CT molecular complexity index is 400. The van der Waals surface area contributed by atoms with Crippen LogP contribution in [-0.2, 0) is 16.1 Å². The van der Waals surface area contributed by atoms with E-state index >= 15 is 0 Å². The number of rotatable bonds is 7. The molecule has 0 fully saturated rings. The summed E-state index contributed by atoms with van der Waals surface area (Å²) in [4.78, 5) is 21.7. The van der Waals surface area contributed by atoms with E-state index in [4.69, 9.17) is 10.2 Å². The molecule has 0 aliphatic rings. The van der Waals surface area contributed by atoms with E-state index in [1.54, 1.807) is 24.3 Å². The summed E-state index contributed by atoms with van der Waals surface area (Å²) in [5, 5.41) is 20.3. The Morgan fingerprint density at radius 2 is 1.67 bits per heavy atom. The fourth-order valence-corrected chi connectivity index (χ4v) is 1.46. The maximum atomic E-state index is 11.4. The van der Waals surface area contributed by atoms with E-state index in [1.165, 1.54) is 0 Å². The van der Waals surface area contributed by atoms with Gasteiger partial charge >= 0.3 is 5.97 Å². The van der Waals surface area contributed by atoms with Gasteiger partial charge < -0.3 is 15.5 Å². The summed E-state index contributed by atoms with van der Waals surface area (Å²) >= 11 is 0. The molecule has 0 unspecified atom stereocenters. The molecule has 0 spiro atoms. The number of hydrogen-bond donors (Lipinski definition) is 3. The summed E-state index contributed by atoms with van der Waals surface area (Å²) < 4.78 is 0. The van der Waals surface area contributed by atoms with Crippen molar-refractivity contribution < 1.29 is 19.8 Å². The number of unbranched alkanes of at least 4 members (excludes halogenated alkanes) is 1. The van der Waals surface area contributed by atoms with Crippen LogP contribution in [0.25, 0.3) is 0 Å². The standard InChI is InChI=1S/C13H17NO4/c15-11-7-5-10(6-8-11)9-14-12(16)3-1-2-4-13(17)18/h5-8,15H,1-4,9H2,(H,14,16)(H,17,18). The molecule has 1 rings (SSSR count). The zero-order valence-corrected chi connectivity index (χ0v) is 10.1. The van der Waals surface area contributed by atoms with Gasteiger partial charge in [0.1, 0.15) is 5.75 Å². The molecule has 0 heterocycles. The maximum absolute atomic E-state index is 11.4. The molecule has 1 aromatic carbocycles. The van der Waals surface area contributed by atoms with E-state index in [9.17, 15) is 9.59 Å². The number of phenolic OH excluding ortho intramolecular Hbond substituents is 1. The second-order valence-corrected chi connectivity index (χ2v) is 4.04.